The van der Waals surface area contributed by atoms with E-state index >= 15 is 0 Å². The number of carbonyl (C=O) groups excluding carboxylic acids is 1. The molecule has 0 spiro atoms. The molecule has 8 nitrogen and oxygen atoms in total. The SMILES string of the molecule is Cc1ccc(NC(=O)/C(C#N)=C/c2cc(C)n(-c3ccc(N4CCCCC4)c([N+](=O)[O-])c3)c2C)cc1. The van der Waals surface area contributed by atoms with Gasteiger partial charge in [-0.15, -0.1) is 0 Å². The zero-order chi connectivity index (χ0) is 25.8. The van der Waals surface area contributed by atoms with Gasteiger partial charge in [0, 0.05) is 36.2 Å². The van der Waals surface area contributed by atoms with Crippen LogP contribution in [0.25, 0.3) is 11.8 Å². The van der Waals surface area contributed by atoms with Gasteiger partial charge in [0.2, 0.25) is 0 Å². The number of carbonyl (C=O) groups is 1. The van der Waals surface area contributed by atoms with E-state index in [1.807, 2.05) is 61.7 Å². The molecular weight excluding hydrogens is 454 g/mol. The molecule has 1 N–H and O–H groups in total. The highest BCUT2D eigenvalue weighted by Gasteiger charge is 2.23. The normalized spacial score (nSPS) is 13.8. The van der Waals surface area contributed by atoms with Crippen molar-refractivity contribution in [2.24, 2.45) is 0 Å². The Bertz CT molecular complexity index is 1370. The van der Waals surface area contributed by atoms with Crippen molar-refractivity contribution < 1.29 is 9.72 Å². The smallest absolute Gasteiger partial charge is 0.294 e. The van der Waals surface area contributed by atoms with Crippen molar-refractivity contribution in [1.29, 1.82) is 5.26 Å². The predicted octanol–water partition coefficient (Wildman–Crippen LogP) is 5.85. The number of amides is 1. The summed E-state index contributed by atoms with van der Waals surface area (Å²) in [6, 6.07) is 16.5. The number of aryl methyl sites for hydroxylation is 2. The molecule has 1 saturated heterocycles. The van der Waals surface area contributed by atoms with E-state index in [1.165, 1.54) is 0 Å². The lowest BCUT2D eigenvalue weighted by Gasteiger charge is -2.28. The molecule has 184 valence electrons. The average molecular weight is 484 g/mol. The average Bonchev–Trinajstić information content (AvgIpc) is 3.16. The number of nitro benzene ring substituents is 1. The lowest BCUT2D eigenvalue weighted by Crippen LogP contribution is -2.30. The maximum atomic E-state index is 12.7. The number of benzene rings is 2. The van der Waals surface area contributed by atoms with Crippen molar-refractivity contribution >= 4 is 29.0 Å². The van der Waals surface area contributed by atoms with Gasteiger partial charge in [-0.05, 0) is 82.0 Å². The molecule has 1 aliphatic rings. The molecule has 1 amide bonds. The van der Waals surface area contributed by atoms with Gasteiger partial charge in [-0.25, -0.2) is 0 Å². The van der Waals surface area contributed by atoms with Crippen LogP contribution in [-0.4, -0.2) is 28.5 Å². The Hall–Kier alpha value is -4.38. The van der Waals surface area contributed by atoms with Crippen molar-refractivity contribution in [3.8, 4) is 11.8 Å². The molecule has 4 rings (SSSR count). The van der Waals surface area contributed by atoms with Crippen molar-refractivity contribution in [3.05, 3.63) is 86.7 Å². The van der Waals surface area contributed by atoms with Gasteiger partial charge in [0.15, 0.2) is 0 Å². The van der Waals surface area contributed by atoms with Crippen molar-refractivity contribution in [1.82, 2.24) is 4.57 Å². The van der Waals surface area contributed by atoms with Crippen LogP contribution in [0.5, 0.6) is 0 Å². The topological polar surface area (TPSA) is 104 Å². The van der Waals surface area contributed by atoms with Crippen LogP contribution in [0.2, 0.25) is 0 Å². The molecule has 0 radical (unpaired) electrons. The van der Waals surface area contributed by atoms with E-state index in [4.69, 9.17) is 0 Å². The number of piperidine rings is 1. The summed E-state index contributed by atoms with van der Waals surface area (Å²) in [6.45, 7) is 7.36. The third kappa shape index (κ3) is 5.15. The van der Waals surface area contributed by atoms with Gasteiger partial charge in [-0.3, -0.25) is 14.9 Å². The molecule has 0 aliphatic carbocycles. The number of nitrogens with one attached hydrogen (secondary N) is 1. The summed E-state index contributed by atoms with van der Waals surface area (Å²) in [7, 11) is 0. The van der Waals surface area contributed by atoms with Crippen LogP contribution >= 0.6 is 0 Å². The summed E-state index contributed by atoms with van der Waals surface area (Å²) >= 11 is 0. The molecular formula is C28H29N5O3. The number of nitrogens with zero attached hydrogens (tertiary/aromatic N) is 4. The largest absolute Gasteiger partial charge is 0.366 e. The molecule has 2 heterocycles. The second-order valence-electron chi connectivity index (χ2n) is 9.13. The second-order valence-corrected chi connectivity index (χ2v) is 9.13. The van der Waals surface area contributed by atoms with Gasteiger partial charge in [0.25, 0.3) is 11.6 Å². The number of hydrogen-bond acceptors (Lipinski definition) is 5. The van der Waals surface area contributed by atoms with Gasteiger partial charge in [0.1, 0.15) is 17.3 Å². The van der Waals surface area contributed by atoms with Crippen LogP contribution in [0.1, 0.15) is 41.8 Å². The Kier molecular flexibility index (Phi) is 7.20. The highest BCUT2D eigenvalue weighted by Crippen LogP contribution is 2.34. The summed E-state index contributed by atoms with van der Waals surface area (Å²) in [5.74, 6) is -0.493. The molecule has 0 atom stereocenters. The third-order valence-corrected chi connectivity index (χ3v) is 6.56. The zero-order valence-corrected chi connectivity index (χ0v) is 20.7. The van der Waals surface area contributed by atoms with E-state index in [-0.39, 0.29) is 16.2 Å². The van der Waals surface area contributed by atoms with E-state index in [2.05, 4.69) is 10.2 Å². The molecule has 0 bridgehead atoms. The Morgan fingerprint density at radius 1 is 1.06 bits per heavy atom. The molecule has 1 aliphatic heterocycles. The lowest BCUT2D eigenvalue weighted by atomic mass is 10.1. The number of rotatable bonds is 6. The van der Waals surface area contributed by atoms with Crippen LogP contribution < -0.4 is 10.2 Å². The molecule has 1 fully saturated rings. The fourth-order valence-electron chi connectivity index (χ4n) is 4.67. The fraction of sp³-hybridized carbons (Fsp3) is 0.286. The van der Waals surface area contributed by atoms with Crippen LogP contribution in [-0.2, 0) is 4.79 Å². The summed E-state index contributed by atoms with van der Waals surface area (Å²) in [6.07, 6.45) is 4.76. The lowest BCUT2D eigenvalue weighted by molar-refractivity contribution is -0.384. The van der Waals surface area contributed by atoms with Crippen molar-refractivity contribution in [3.63, 3.8) is 0 Å². The quantitative estimate of drug-likeness (QED) is 0.205. The number of aromatic nitrogens is 1. The van der Waals surface area contributed by atoms with E-state index in [0.717, 1.165) is 49.3 Å². The number of nitro groups is 1. The van der Waals surface area contributed by atoms with Crippen molar-refractivity contribution in [2.75, 3.05) is 23.3 Å². The van der Waals surface area contributed by atoms with Gasteiger partial charge in [0.05, 0.1) is 10.6 Å². The maximum Gasteiger partial charge on any atom is 0.294 e. The van der Waals surface area contributed by atoms with Crippen LogP contribution in [0.15, 0.2) is 54.1 Å². The third-order valence-electron chi connectivity index (χ3n) is 6.56. The van der Waals surface area contributed by atoms with Crippen LogP contribution in [0, 0.1) is 42.2 Å². The van der Waals surface area contributed by atoms with Gasteiger partial charge in [-0.1, -0.05) is 17.7 Å². The second kappa shape index (κ2) is 10.5. The predicted molar refractivity (Wildman–Crippen MR) is 141 cm³/mol. The first-order chi connectivity index (χ1) is 17.3. The zero-order valence-electron chi connectivity index (χ0n) is 20.7. The monoisotopic (exact) mass is 483 g/mol. The molecule has 0 saturated carbocycles. The summed E-state index contributed by atoms with van der Waals surface area (Å²) in [4.78, 5) is 26.4. The maximum absolute atomic E-state index is 12.7. The summed E-state index contributed by atoms with van der Waals surface area (Å²) in [5.41, 5.74) is 5.37. The molecule has 36 heavy (non-hydrogen) atoms. The van der Waals surface area contributed by atoms with E-state index < -0.39 is 5.91 Å². The molecule has 1 aromatic heterocycles. The minimum atomic E-state index is -0.493. The number of nitriles is 1. The Labute approximate surface area is 210 Å². The summed E-state index contributed by atoms with van der Waals surface area (Å²) < 4.78 is 1.91. The van der Waals surface area contributed by atoms with Crippen LogP contribution in [0.3, 0.4) is 0 Å². The molecule has 2 aromatic carbocycles. The number of anilines is 2. The highest BCUT2D eigenvalue weighted by atomic mass is 16.6. The van der Waals surface area contributed by atoms with E-state index in [0.29, 0.717) is 22.6 Å². The molecule has 0 unspecified atom stereocenters. The standard InChI is InChI=1S/C28H29N5O3/c1-19-7-9-24(10-8-19)30-28(34)23(18-29)16-22-15-20(2)32(21(22)3)25-11-12-26(27(17-25)33(35)36)31-13-5-4-6-14-31/h7-12,15-17H,4-6,13-14H2,1-3H3,(H,30,34)/b23-16+. The minimum absolute atomic E-state index is 0.0257. The Morgan fingerprint density at radius 2 is 1.75 bits per heavy atom. The molecule has 8 heteroatoms. The fourth-order valence-corrected chi connectivity index (χ4v) is 4.67. The Balaban J connectivity index is 1.66. The van der Waals surface area contributed by atoms with Crippen LogP contribution in [0.4, 0.5) is 17.1 Å². The van der Waals surface area contributed by atoms with Crippen molar-refractivity contribution in [2.45, 2.75) is 40.0 Å². The van der Waals surface area contributed by atoms with E-state index in [1.54, 1.807) is 24.3 Å². The Morgan fingerprint density at radius 3 is 2.39 bits per heavy atom. The number of hydrogen-bond donors (Lipinski definition) is 1. The first-order valence-corrected chi connectivity index (χ1v) is 12.0. The van der Waals surface area contributed by atoms with Gasteiger partial charge in [-0.2, -0.15) is 5.26 Å². The summed E-state index contributed by atoms with van der Waals surface area (Å²) in [5, 5.41) is 24.3. The molecule has 3 aromatic rings. The van der Waals surface area contributed by atoms with E-state index in [9.17, 15) is 20.2 Å². The van der Waals surface area contributed by atoms with Gasteiger partial charge >= 0.3 is 0 Å². The first kappa shape index (κ1) is 24.7. The first-order valence-electron chi connectivity index (χ1n) is 12.0. The minimum Gasteiger partial charge on any atom is -0.366 e. The van der Waals surface area contributed by atoms with Gasteiger partial charge < -0.3 is 14.8 Å². The highest BCUT2D eigenvalue weighted by molar-refractivity contribution is 6.09.